The number of para-hydroxylation sites is 2. The van der Waals surface area contributed by atoms with Gasteiger partial charge in [0.1, 0.15) is 18.3 Å². The van der Waals surface area contributed by atoms with Gasteiger partial charge in [0.05, 0.1) is 29.1 Å². The van der Waals surface area contributed by atoms with Gasteiger partial charge in [-0.25, -0.2) is 8.42 Å². The molecule has 214 valence electrons. The molecule has 0 unspecified atom stereocenters. The van der Waals surface area contributed by atoms with Gasteiger partial charge in [0, 0.05) is 19.5 Å². The third kappa shape index (κ3) is 8.36. The summed E-state index contributed by atoms with van der Waals surface area (Å²) in [7, 11) is -2.49. The molecule has 3 rings (SSSR count). The van der Waals surface area contributed by atoms with Crippen LogP contribution in [0.4, 0.5) is 5.69 Å². The average Bonchev–Trinajstić information content (AvgIpc) is 2.94. The molecule has 0 heterocycles. The first-order chi connectivity index (χ1) is 19.0. The number of amides is 2. The summed E-state index contributed by atoms with van der Waals surface area (Å²) in [6.45, 7) is 1.81. The van der Waals surface area contributed by atoms with Crippen LogP contribution in [0.25, 0.3) is 0 Å². The van der Waals surface area contributed by atoms with E-state index in [-0.39, 0.29) is 24.6 Å². The number of sulfonamides is 1. The third-order valence-electron chi connectivity index (χ3n) is 6.19. The molecule has 1 atom stereocenters. The molecule has 40 heavy (non-hydrogen) atoms. The Hall–Kier alpha value is -3.27. The topological polar surface area (TPSA) is 96.0 Å². The molecule has 11 heteroatoms. The molecule has 1 N–H and O–H groups in total. The predicted octanol–water partition coefficient (Wildman–Crippen LogP) is 4.93. The normalized spacial score (nSPS) is 11.9. The van der Waals surface area contributed by atoms with Crippen molar-refractivity contribution in [3.63, 3.8) is 0 Å². The van der Waals surface area contributed by atoms with Crippen molar-refractivity contribution in [3.8, 4) is 5.75 Å². The number of anilines is 1. The minimum absolute atomic E-state index is 0.00368. The summed E-state index contributed by atoms with van der Waals surface area (Å²) < 4.78 is 32.2. The second-order valence-electron chi connectivity index (χ2n) is 9.21. The molecule has 8 nitrogen and oxygen atoms in total. The lowest BCUT2D eigenvalue weighted by Crippen LogP contribution is -2.53. The molecule has 2 amide bonds. The predicted molar refractivity (Wildman–Crippen MR) is 159 cm³/mol. The average molecular weight is 607 g/mol. The van der Waals surface area contributed by atoms with Crippen LogP contribution in [0.2, 0.25) is 10.0 Å². The fourth-order valence-corrected chi connectivity index (χ4v) is 5.36. The van der Waals surface area contributed by atoms with Gasteiger partial charge >= 0.3 is 0 Å². The summed E-state index contributed by atoms with van der Waals surface area (Å²) in [5, 5.41) is 3.55. The number of halogens is 2. The fraction of sp³-hybridized carbons (Fsp3) is 0.310. The van der Waals surface area contributed by atoms with Crippen molar-refractivity contribution in [2.24, 2.45) is 0 Å². The Morgan fingerprint density at radius 1 is 0.950 bits per heavy atom. The highest BCUT2D eigenvalue weighted by Gasteiger charge is 2.33. The molecular weight excluding hydrogens is 573 g/mol. The standard InChI is InChI=1S/C29H33Cl2N3O5S/c1-4-16-32-29(36)26(18-21-10-6-5-7-11-21)33(19-22-14-15-23(30)24(31)17-22)28(35)20-34(40(3,37)38)25-12-8-9-13-27(25)39-2/h5-15,17,26H,4,16,18-20H2,1-3H3,(H,32,36)/t26-/m1/s1. The first-order valence-corrected chi connectivity index (χ1v) is 15.3. The monoisotopic (exact) mass is 605 g/mol. The van der Waals surface area contributed by atoms with Crippen molar-refractivity contribution >= 4 is 50.7 Å². The first-order valence-electron chi connectivity index (χ1n) is 12.7. The van der Waals surface area contributed by atoms with Gasteiger partial charge in [0.25, 0.3) is 0 Å². The zero-order valence-electron chi connectivity index (χ0n) is 22.6. The number of hydrogen-bond donors (Lipinski definition) is 1. The Balaban J connectivity index is 2.08. The summed E-state index contributed by atoms with van der Waals surface area (Å²) in [4.78, 5) is 29.0. The van der Waals surface area contributed by atoms with E-state index in [4.69, 9.17) is 27.9 Å². The number of hydrogen-bond acceptors (Lipinski definition) is 5. The second-order valence-corrected chi connectivity index (χ2v) is 11.9. The van der Waals surface area contributed by atoms with Crippen LogP contribution >= 0.6 is 23.2 Å². The Labute approximate surface area is 245 Å². The quantitative estimate of drug-likeness (QED) is 0.298. The lowest BCUT2D eigenvalue weighted by atomic mass is 10.0. The number of nitrogens with zero attached hydrogens (tertiary/aromatic N) is 2. The van der Waals surface area contributed by atoms with Gasteiger partial charge in [-0.1, -0.05) is 78.7 Å². The van der Waals surface area contributed by atoms with E-state index in [1.54, 1.807) is 42.5 Å². The van der Waals surface area contributed by atoms with E-state index >= 15 is 0 Å². The number of methoxy groups -OCH3 is 1. The molecule has 0 saturated heterocycles. The fourth-order valence-electron chi connectivity index (χ4n) is 4.19. The van der Waals surface area contributed by atoms with Crippen LogP contribution in [-0.4, -0.2) is 57.6 Å². The van der Waals surface area contributed by atoms with Gasteiger partial charge in [0.15, 0.2) is 0 Å². The number of nitrogens with one attached hydrogen (secondary N) is 1. The first kappa shape index (κ1) is 31.3. The lowest BCUT2D eigenvalue weighted by Gasteiger charge is -2.33. The Kier molecular flexibility index (Phi) is 11.2. The number of ether oxygens (including phenoxy) is 1. The molecule has 3 aromatic rings. The number of carbonyl (C=O) groups excluding carboxylic acids is 2. The van der Waals surface area contributed by atoms with E-state index in [1.165, 1.54) is 12.0 Å². The van der Waals surface area contributed by atoms with E-state index in [1.807, 2.05) is 37.3 Å². The summed E-state index contributed by atoms with van der Waals surface area (Å²) in [6.07, 6.45) is 1.95. The molecule has 0 aliphatic rings. The number of carbonyl (C=O) groups is 2. The van der Waals surface area contributed by atoms with Crippen LogP contribution in [0.1, 0.15) is 24.5 Å². The Morgan fingerprint density at radius 3 is 2.25 bits per heavy atom. The zero-order chi connectivity index (χ0) is 29.3. The van der Waals surface area contributed by atoms with Crippen molar-refractivity contribution in [2.45, 2.75) is 32.4 Å². The van der Waals surface area contributed by atoms with E-state index in [9.17, 15) is 18.0 Å². The van der Waals surface area contributed by atoms with E-state index in [0.717, 1.165) is 16.1 Å². The SMILES string of the molecule is CCCNC(=O)[C@@H](Cc1ccccc1)N(Cc1ccc(Cl)c(Cl)c1)C(=O)CN(c1ccccc1OC)S(C)(=O)=O. The van der Waals surface area contributed by atoms with E-state index < -0.39 is 28.5 Å². The smallest absolute Gasteiger partial charge is 0.244 e. The van der Waals surface area contributed by atoms with Crippen molar-refractivity contribution in [1.82, 2.24) is 10.2 Å². The molecule has 3 aromatic carbocycles. The van der Waals surface area contributed by atoms with Crippen molar-refractivity contribution in [3.05, 3.63) is 94.0 Å². The maximum atomic E-state index is 14.1. The maximum Gasteiger partial charge on any atom is 0.244 e. The molecule has 0 spiro atoms. The lowest BCUT2D eigenvalue weighted by molar-refractivity contribution is -0.140. The molecule has 0 aromatic heterocycles. The second kappa shape index (κ2) is 14.4. The largest absolute Gasteiger partial charge is 0.495 e. The summed E-state index contributed by atoms with van der Waals surface area (Å²) in [6, 6.07) is 19.9. The van der Waals surface area contributed by atoms with Crippen molar-refractivity contribution < 1.29 is 22.7 Å². The van der Waals surface area contributed by atoms with E-state index in [0.29, 0.717) is 34.3 Å². The number of benzene rings is 3. The molecule has 0 aliphatic carbocycles. The maximum absolute atomic E-state index is 14.1. The van der Waals surface area contributed by atoms with Crippen molar-refractivity contribution in [1.29, 1.82) is 0 Å². The Bertz CT molecular complexity index is 1420. The summed E-state index contributed by atoms with van der Waals surface area (Å²) in [5.41, 5.74) is 1.69. The Morgan fingerprint density at radius 2 is 1.62 bits per heavy atom. The zero-order valence-corrected chi connectivity index (χ0v) is 25.0. The van der Waals surface area contributed by atoms with Crippen LogP contribution in [0.5, 0.6) is 5.75 Å². The van der Waals surface area contributed by atoms with E-state index in [2.05, 4.69) is 5.32 Å². The van der Waals surface area contributed by atoms with Gasteiger partial charge < -0.3 is 15.0 Å². The molecular formula is C29H33Cl2N3O5S. The van der Waals surface area contributed by atoms with Crippen LogP contribution in [0, 0.1) is 0 Å². The number of rotatable bonds is 13. The molecule has 0 bridgehead atoms. The molecule has 0 aliphatic heterocycles. The van der Waals surface area contributed by atoms with Crippen LogP contribution in [-0.2, 0) is 32.6 Å². The van der Waals surface area contributed by atoms with Crippen molar-refractivity contribution in [2.75, 3.05) is 30.8 Å². The van der Waals surface area contributed by atoms with Crippen LogP contribution in [0.3, 0.4) is 0 Å². The van der Waals surface area contributed by atoms with Crippen LogP contribution < -0.4 is 14.4 Å². The molecule has 0 saturated carbocycles. The highest BCUT2D eigenvalue weighted by molar-refractivity contribution is 7.92. The highest BCUT2D eigenvalue weighted by Crippen LogP contribution is 2.30. The minimum Gasteiger partial charge on any atom is -0.495 e. The third-order valence-corrected chi connectivity index (χ3v) is 8.06. The highest BCUT2D eigenvalue weighted by atomic mass is 35.5. The summed E-state index contributed by atoms with van der Waals surface area (Å²) >= 11 is 12.4. The van der Waals surface area contributed by atoms with Gasteiger partial charge in [-0.15, -0.1) is 0 Å². The van der Waals surface area contributed by atoms with Gasteiger partial charge in [0.2, 0.25) is 21.8 Å². The molecule has 0 fully saturated rings. The van der Waals surface area contributed by atoms with Crippen LogP contribution in [0.15, 0.2) is 72.8 Å². The minimum atomic E-state index is -3.92. The van der Waals surface area contributed by atoms with Gasteiger partial charge in [-0.3, -0.25) is 13.9 Å². The molecule has 0 radical (unpaired) electrons. The van der Waals surface area contributed by atoms with Gasteiger partial charge in [-0.2, -0.15) is 0 Å². The summed E-state index contributed by atoms with van der Waals surface area (Å²) in [5.74, 6) is -0.629. The van der Waals surface area contributed by atoms with Gasteiger partial charge in [-0.05, 0) is 41.8 Å².